The minimum atomic E-state index is -1.25. The Bertz CT molecular complexity index is 1430. The number of aryl methyl sites for hydroxylation is 1. The number of anilines is 1. The maximum absolute atomic E-state index is 15.1. The number of nitrogens with zero attached hydrogens (tertiary/aromatic N) is 5. The van der Waals surface area contributed by atoms with Crippen molar-refractivity contribution in [3.8, 4) is 17.1 Å². The van der Waals surface area contributed by atoms with E-state index in [2.05, 4.69) is 20.7 Å². The number of carbonyl (C=O) groups excluding carboxylic acids is 2. The molecule has 1 aromatic heterocycles. The minimum absolute atomic E-state index is 0.0112. The fourth-order valence-electron chi connectivity index (χ4n) is 3.90. The van der Waals surface area contributed by atoms with Crippen molar-refractivity contribution >= 4 is 17.5 Å². The fourth-order valence-corrected chi connectivity index (χ4v) is 3.90. The number of halogens is 1. The molecule has 0 aliphatic carbocycles. The largest absolute Gasteiger partial charge is 0.508 e. The second kappa shape index (κ2) is 10.8. The van der Waals surface area contributed by atoms with Gasteiger partial charge in [0.15, 0.2) is 0 Å². The molecule has 0 radical (unpaired) electrons. The van der Waals surface area contributed by atoms with Gasteiger partial charge in [-0.1, -0.05) is 54.1 Å². The monoisotopic (exact) mass is 516 g/mol. The zero-order valence-electron chi connectivity index (χ0n) is 21.6. The van der Waals surface area contributed by atoms with E-state index in [-0.39, 0.29) is 11.4 Å². The van der Waals surface area contributed by atoms with Gasteiger partial charge < -0.3 is 10.4 Å². The minimum Gasteiger partial charge on any atom is -0.508 e. The number of phenolic OH excluding ortho intramolecular Hbond substituents is 1. The van der Waals surface area contributed by atoms with Crippen LogP contribution in [0.5, 0.6) is 5.75 Å². The van der Waals surface area contributed by atoms with Gasteiger partial charge in [-0.15, -0.1) is 10.2 Å². The molecule has 0 saturated carbocycles. The molecule has 2 amide bonds. The van der Waals surface area contributed by atoms with Gasteiger partial charge >= 0.3 is 0 Å². The van der Waals surface area contributed by atoms with Crippen LogP contribution in [-0.2, 0) is 16.1 Å². The molecule has 10 heteroatoms. The predicted octanol–water partition coefficient (Wildman–Crippen LogP) is 4.18. The van der Waals surface area contributed by atoms with Crippen LogP contribution in [0.3, 0.4) is 0 Å². The lowest BCUT2D eigenvalue weighted by atomic mass is 10.0. The first-order valence-electron chi connectivity index (χ1n) is 12.0. The maximum atomic E-state index is 15.1. The van der Waals surface area contributed by atoms with Gasteiger partial charge in [0.25, 0.3) is 5.91 Å². The average molecular weight is 517 g/mol. The quantitative estimate of drug-likeness (QED) is 0.381. The van der Waals surface area contributed by atoms with E-state index in [1.165, 1.54) is 42.5 Å². The maximum Gasteiger partial charge on any atom is 0.251 e. The Morgan fingerprint density at radius 3 is 2.32 bits per heavy atom. The summed E-state index contributed by atoms with van der Waals surface area (Å²) in [5.74, 6) is -1.52. The van der Waals surface area contributed by atoms with Crippen LogP contribution in [0.4, 0.5) is 10.1 Å². The van der Waals surface area contributed by atoms with Gasteiger partial charge in [-0.05, 0) is 62.7 Å². The fraction of sp³-hybridized carbons (Fsp3) is 0.250. The van der Waals surface area contributed by atoms with E-state index in [0.29, 0.717) is 11.4 Å². The Labute approximate surface area is 219 Å². The second-order valence-electron chi connectivity index (χ2n) is 9.96. The van der Waals surface area contributed by atoms with Crippen LogP contribution < -0.4 is 10.2 Å². The molecule has 4 aromatic rings. The van der Waals surface area contributed by atoms with E-state index in [0.717, 1.165) is 20.8 Å². The summed E-state index contributed by atoms with van der Waals surface area (Å²) in [6.07, 6.45) is 0. The first kappa shape index (κ1) is 26.5. The van der Waals surface area contributed by atoms with Crippen molar-refractivity contribution < 1.29 is 19.1 Å². The molecule has 196 valence electrons. The van der Waals surface area contributed by atoms with Crippen LogP contribution in [0, 0.1) is 12.7 Å². The van der Waals surface area contributed by atoms with Crippen LogP contribution in [0.25, 0.3) is 11.4 Å². The van der Waals surface area contributed by atoms with Crippen molar-refractivity contribution in [1.82, 2.24) is 25.5 Å². The number of amides is 2. The van der Waals surface area contributed by atoms with Crippen LogP contribution in [0.2, 0.25) is 0 Å². The number of para-hydroxylation sites is 1. The number of carbonyl (C=O) groups is 2. The highest BCUT2D eigenvalue weighted by atomic mass is 19.1. The molecule has 0 fully saturated rings. The number of benzene rings is 3. The predicted molar refractivity (Wildman–Crippen MR) is 141 cm³/mol. The van der Waals surface area contributed by atoms with Crippen molar-refractivity contribution in [2.75, 3.05) is 4.90 Å². The lowest BCUT2D eigenvalue weighted by Crippen LogP contribution is -2.50. The molecule has 0 aliphatic heterocycles. The van der Waals surface area contributed by atoms with E-state index in [1.807, 2.05) is 31.2 Å². The van der Waals surface area contributed by atoms with E-state index in [1.54, 1.807) is 26.8 Å². The smallest absolute Gasteiger partial charge is 0.251 e. The summed E-state index contributed by atoms with van der Waals surface area (Å²) in [7, 11) is 0. The first-order chi connectivity index (χ1) is 18.0. The van der Waals surface area contributed by atoms with Crippen molar-refractivity contribution in [2.24, 2.45) is 0 Å². The Morgan fingerprint density at radius 1 is 1.03 bits per heavy atom. The van der Waals surface area contributed by atoms with Crippen LogP contribution >= 0.6 is 0 Å². The SMILES string of the molecule is Cc1ccc(-c2nnn(CC(=O)N(c3ccccc3F)C(C(=O)NC(C)(C)C)c3ccc(O)cc3)n2)cc1. The third kappa shape index (κ3) is 6.20. The van der Waals surface area contributed by atoms with E-state index in [4.69, 9.17) is 0 Å². The summed E-state index contributed by atoms with van der Waals surface area (Å²) in [4.78, 5) is 29.6. The molecule has 2 N–H and O–H groups in total. The molecule has 0 saturated heterocycles. The molecule has 0 bridgehead atoms. The highest BCUT2D eigenvalue weighted by molar-refractivity contribution is 6.01. The molecule has 38 heavy (non-hydrogen) atoms. The summed E-state index contributed by atoms with van der Waals surface area (Å²) < 4.78 is 15.1. The van der Waals surface area contributed by atoms with Gasteiger partial charge in [0.1, 0.15) is 24.2 Å². The van der Waals surface area contributed by atoms with Crippen molar-refractivity contribution in [3.05, 3.63) is 89.7 Å². The molecule has 1 heterocycles. The molecule has 3 aromatic carbocycles. The standard InChI is InChI=1S/C28H29FN6O3/c1-18-9-11-20(12-10-18)26-31-33-34(32-26)17-24(37)35(23-8-6-5-7-22(23)29)25(27(38)30-28(2,3)4)19-13-15-21(36)16-14-19/h5-16,25,36H,17H2,1-4H3,(H,30,38). The number of aromatic nitrogens is 4. The highest BCUT2D eigenvalue weighted by Gasteiger charge is 2.36. The van der Waals surface area contributed by atoms with Gasteiger partial charge in [0.05, 0.1) is 5.69 Å². The molecule has 0 aliphatic rings. The number of aromatic hydroxyl groups is 1. The Hall–Kier alpha value is -4.60. The summed E-state index contributed by atoms with van der Waals surface area (Å²) in [6.45, 7) is 6.98. The molecule has 4 rings (SSSR count). The summed E-state index contributed by atoms with van der Waals surface area (Å²) in [6, 6.07) is 17.9. The molecule has 9 nitrogen and oxygen atoms in total. The Balaban J connectivity index is 1.75. The number of nitrogens with one attached hydrogen (secondary N) is 1. The summed E-state index contributed by atoms with van der Waals surface area (Å²) in [5.41, 5.74) is 1.47. The number of tetrazole rings is 1. The van der Waals surface area contributed by atoms with Crippen molar-refractivity contribution in [1.29, 1.82) is 0 Å². The van der Waals surface area contributed by atoms with E-state index < -0.39 is 35.8 Å². The third-order valence-corrected chi connectivity index (χ3v) is 5.63. The summed E-state index contributed by atoms with van der Waals surface area (Å²) in [5, 5.41) is 25.1. The van der Waals surface area contributed by atoms with Crippen LogP contribution in [-0.4, -0.2) is 42.7 Å². The number of phenols is 1. The summed E-state index contributed by atoms with van der Waals surface area (Å²) >= 11 is 0. The molecular weight excluding hydrogens is 487 g/mol. The lowest BCUT2D eigenvalue weighted by Gasteiger charge is -2.33. The molecule has 1 unspecified atom stereocenters. The molecule has 1 atom stereocenters. The zero-order valence-corrected chi connectivity index (χ0v) is 21.6. The van der Waals surface area contributed by atoms with Crippen LogP contribution in [0.1, 0.15) is 37.9 Å². The molecular formula is C28H29FN6O3. The Morgan fingerprint density at radius 2 is 1.68 bits per heavy atom. The first-order valence-corrected chi connectivity index (χ1v) is 12.0. The highest BCUT2D eigenvalue weighted by Crippen LogP contribution is 2.31. The number of hydrogen-bond donors (Lipinski definition) is 2. The Kier molecular flexibility index (Phi) is 7.52. The van der Waals surface area contributed by atoms with Gasteiger partial charge in [-0.2, -0.15) is 4.80 Å². The lowest BCUT2D eigenvalue weighted by molar-refractivity contribution is -0.128. The average Bonchev–Trinajstić information content (AvgIpc) is 3.31. The normalized spacial score (nSPS) is 12.1. The van der Waals surface area contributed by atoms with Gasteiger partial charge in [-0.3, -0.25) is 14.5 Å². The van der Waals surface area contributed by atoms with Crippen molar-refractivity contribution in [3.63, 3.8) is 0 Å². The second-order valence-corrected chi connectivity index (χ2v) is 9.96. The zero-order chi connectivity index (χ0) is 27.4. The molecule has 0 spiro atoms. The van der Waals surface area contributed by atoms with Crippen molar-refractivity contribution in [2.45, 2.75) is 45.8 Å². The van der Waals surface area contributed by atoms with Gasteiger partial charge in [0.2, 0.25) is 11.7 Å². The van der Waals surface area contributed by atoms with Crippen LogP contribution in [0.15, 0.2) is 72.8 Å². The number of rotatable bonds is 7. The third-order valence-electron chi connectivity index (χ3n) is 5.63. The van der Waals surface area contributed by atoms with E-state index in [9.17, 15) is 14.7 Å². The number of hydrogen-bond acceptors (Lipinski definition) is 6. The van der Waals surface area contributed by atoms with E-state index >= 15 is 4.39 Å². The topological polar surface area (TPSA) is 113 Å². The van der Waals surface area contributed by atoms with Gasteiger partial charge in [0, 0.05) is 11.1 Å². The van der Waals surface area contributed by atoms with Gasteiger partial charge in [-0.25, -0.2) is 4.39 Å².